The molecule has 0 saturated heterocycles. The summed E-state index contributed by atoms with van der Waals surface area (Å²) in [5.74, 6) is 0. The number of hydrogen-bond acceptors (Lipinski definition) is 1. The van der Waals surface area contributed by atoms with Crippen LogP contribution >= 0.6 is 24.8 Å². The van der Waals surface area contributed by atoms with Gasteiger partial charge in [0.1, 0.15) is 0 Å². The second-order valence-corrected chi connectivity index (χ2v) is 7.86. The number of rotatable bonds is 7. The van der Waals surface area contributed by atoms with Gasteiger partial charge >= 0.3 is 133 Å². The van der Waals surface area contributed by atoms with E-state index in [0.29, 0.717) is 4.22 Å². The summed E-state index contributed by atoms with van der Waals surface area (Å²) in [5.41, 5.74) is 5.97. The second kappa shape index (κ2) is 11.5. The van der Waals surface area contributed by atoms with Crippen molar-refractivity contribution in [2.75, 3.05) is 6.54 Å². The van der Waals surface area contributed by atoms with E-state index in [-0.39, 0.29) is 44.2 Å². The first-order valence-electron chi connectivity index (χ1n) is 7.68. The van der Waals surface area contributed by atoms with Crippen molar-refractivity contribution in [1.82, 2.24) is 3.80 Å². The first-order valence-corrected chi connectivity index (χ1v) is 9.36. The van der Waals surface area contributed by atoms with Crippen LogP contribution in [0.2, 0.25) is 0 Å². The second-order valence-electron chi connectivity index (χ2n) is 5.50. The van der Waals surface area contributed by atoms with Crippen LogP contribution in [0.4, 0.5) is 0 Å². The van der Waals surface area contributed by atoms with Gasteiger partial charge in [-0.05, 0) is 0 Å². The van der Waals surface area contributed by atoms with Crippen LogP contribution in [0.3, 0.4) is 0 Å². The number of hydrogen-bond donors (Lipinski definition) is 1. The molecule has 4 heteroatoms. The molecule has 0 aliphatic heterocycles. The molecule has 1 aliphatic rings. The summed E-state index contributed by atoms with van der Waals surface area (Å²) in [5, 5.41) is 0. The van der Waals surface area contributed by atoms with Gasteiger partial charge in [-0.15, -0.1) is 24.8 Å². The zero-order valence-corrected chi connectivity index (χ0v) is 16.9. The van der Waals surface area contributed by atoms with E-state index in [2.05, 4.69) is 61.0 Å². The minimum Gasteiger partial charge on any atom is -0.147 e. The Morgan fingerprint density at radius 3 is 2.59 bits per heavy atom. The van der Waals surface area contributed by atoms with Crippen LogP contribution < -0.4 is 3.80 Å². The molecule has 122 valence electrons. The van der Waals surface area contributed by atoms with E-state index in [1.807, 2.05) is 0 Å². The van der Waals surface area contributed by atoms with Crippen LogP contribution in [0.1, 0.15) is 55.4 Å². The Kier molecular flexibility index (Phi) is 11.5. The van der Waals surface area contributed by atoms with E-state index in [9.17, 15) is 0 Å². The normalized spacial score (nSPS) is 14.3. The van der Waals surface area contributed by atoms with Gasteiger partial charge in [0, 0.05) is 0 Å². The molecule has 0 heterocycles. The molecule has 1 atom stereocenters. The molecule has 0 radical (unpaired) electrons. The van der Waals surface area contributed by atoms with Crippen molar-refractivity contribution >= 4 is 30.4 Å². The van der Waals surface area contributed by atoms with Crippen molar-refractivity contribution in [1.29, 1.82) is 0 Å². The van der Waals surface area contributed by atoms with E-state index < -0.39 is 0 Å². The summed E-state index contributed by atoms with van der Waals surface area (Å²) in [7, 11) is 0. The predicted molar refractivity (Wildman–Crippen MR) is 98.6 cm³/mol. The van der Waals surface area contributed by atoms with E-state index in [0.717, 1.165) is 6.42 Å². The maximum atomic E-state index is 3.71. The van der Waals surface area contributed by atoms with Gasteiger partial charge in [-0.25, -0.2) is 0 Å². The van der Waals surface area contributed by atoms with Gasteiger partial charge in [0.25, 0.3) is 0 Å². The molecule has 2 rings (SSSR count). The van der Waals surface area contributed by atoms with Crippen LogP contribution in [0, 0.1) is 0 Å². The molecule has 22 heavy (non-hydrogen) atoms. The average Bonchev–Trinajstić information content (AvgIpc) is 2.89. The smallest absolute Gasteiger partial charge is 0.147 e. The summed E-state index contributed by atoms with van der Waals surface area (Å²) < 4.78 is 4.39. The molecule has 1 aromatic rings. The molecule has 0 saturated carbocycles. The third-order valence-corrected chi connectivity index (χ3v) is 5.76. The number of benzene rings is 1. The Morgan fingerprint density at radius 1 is 1.23 bits per heavy atom. The van der Waals surface area contributed by atoms with Crippen LogP contribution in [0.5, 0.6) is 0 Å². The number of allylic oxidation sites excluding steroid dienone is 4. The van der Waals surface area contributed by atoms with Crippen molar-refractivity contribution in [3.8, 4) is 0 Å². The molecule has 0 bridgehead atoms. The van der Waals surface area contributed by atoms with Crippen molar-refractivity contribution < 1.29 is 19.4 Å². The third kappa shape index (κ3) is 5.87. The molecule has 1 aromatic carbocycles. The Bertz CT molecular complexity index is 512. The van der Waals surface area contributed by atoms with Gasteiger partial charge in [0.05, 0.1) is 0 Å². The fraction of sp³-hybridized carbons (Fsp3) is 0.444. The monoisotopic (exact) mass is 375 g/mol. The van der Waals surface area contributed by atoms with E-state index >= 15 is 0 Å². The van der Waals surface area contributed by atoms with Crippen molar-refractivity contribution in [2.45, 2.75) is 44.3 Å². The van der Waals surface area contributed by atoms with Gasteiger partial charge in [0.2, 0.25) is 0 Å². The minimum absolute atomic E-state index is 0. The Labute approximate surface area is 157 Å². The maximum absolute atomic E-state index is 3.71. The van der Waals surface area contributed by atoms with Crippen LogP contribution in [-0.4, -0.2) is 6.54 Å². The SMILES string of the molecule is CCCC[NH][Ti][CH](C)c1ccccc1C1=C(C)C=CC1.Cl.Cl. The quantitative estimate of drug-likeness (QED) is 0.475. The summed E-state index contributed by atoms with van der Waals surface area (Å²) in [4.78, 5) is 0. The molecule has 0 fully saturated rings. The van der Waals surface area contributed by atoms with E-state index in [4.69, 9.17) is 0 Å². The van der Waals surface area contributed by atoms with Gasteiger partial charge in [-0.3, -0.25) is 0 Å². The number of halogens is 2. The Hall–Kier alpha value is -0.0457. The zero-order chi connectivity index (χ0) is 14.4. The zero-order valence-electron chi connectivity index (χ0n) is 13.7. The fourth-order valence-corrected chi connectivity index (χ4v) is 4.27. The van der Waals surface area contributed by atoms with Gasteiger partial charge < -0.3 is 0 Å². The molecule has 0 amide bonds. The topological polar surface area (TPSA) is 12.0 Å². The van der Waals surface area contributed by atoms with Crippen LogP contribution in [-0.2, 0) is 19.4 Å². The molecule has 0 spiro atoms. The molecule has 1 N–H and O–H groups in total. The van der Waals surface area contributed by atoms with Crippen LogP contribution in [0.15, 0.2) is 42.0 Å². The standard InChI is InChI=1S/C14H15.C4H10N.2ClH.Ti/c1-3-12-8-4-5-9-14(12)13-10-6-7-11(13)2;1-2-3-4-5;;;/h3-9H,10H2,1-2H3;5H,2-4H2,1H3;2*1H;/q;-1;;;+1. The van der Waals surface area contributed by atoms with E-state index in [1.54, 1.807) is 0 Å². The van der Waals surface area contributed by atoms with Gasteiger partial charge in [-0.1, -0.05) is 0 Å². The molecule has 0 aromatic heterocycles. The number of nitrogens with one attached hydrogen (secondary N) is 1. The van der Waals surface area contributed by atoms with Crippen LogP contribution in [0.25, 0.3) is 5.57 Å². The summed E-state index contributed by atoms with van der Waals surface area (Å²) >= 11 is -0.110. The van der Waals surface area contributed by atoms with Gasteiger partial charge in [0.15, 0.2) is 0 Å². The fourth-order valence-electron chi connectivity index (χ4n) is 2.66. The summed E-state index contributed by atoms with van der Waals surface area (Å²) in [6.45, 7) is 8.06. The van der Waals surface area contributed by atoms with Crippen molar-refractivity contribution in [2.24, 2.45) is 0 Å². The molecule has 1 unspecified atom stereocenters. The van der Waals surface area contributed by atoms with Crippen molar-refractivity contribution in [3.05, 3.63) is 53.1 Å². The molecule has 1 nitrogen and oxygen atoms in total. The number of unbranched alkanes of at least 4 members (excludes halogenated alkanes) is 1. The largest absolute Gasteiger partial charge is 0.147 e. The molecular formula is C18H27Cl2NTi. The minimum atomic E-state index is -0.110. The van der Waals surface area contributed by atoms with Crippen molar-refractivity contribution in [3.63, 3.8) is 0 Å². The first-order chi connectivity index (χ1) is 9.74. The predicted octanol–water partition coefficient (Wildman–Crippen LogP) is 5.71. The first kappa shape index (κ1) is 22.0. The average molecular weight is 376 g/mol. The van der Waals surface area contributed by atoms with Gasteiger partial charge in [-0.2, -0.15) is 0 Å². The summed E-state index contributed by atoms with van der Waals surface area (Å²) in [6.07, 6.45) is 8.21. The Balaban J connectivity index is 0.00000220. The summed E-state index contributed by atoms with van der Waals surface area (Å²) in [6, 6.07) is 8.99. The maximum Gasteiger partial charge on any atom is -0.147 e. The van der Waals surface area contributed by atoms with E-state index in [1.165, 1.54) is 41.7 Å². The molecule has 1 aliphatic carbocycles. The Morgan fingerprint density at radius 2 is 1.95 bits per heavy atom. The molecular weight excluding hydrogens is 349 g/mol. The third-order valence-electron chi connectivity index (χ3n) is 3.89.